The Bertz CT molecular complexity index is 566. The Morgan fingerprint density at radius 1 is 1.59 bits per heavy atom. The Hall–Kier alpha value is -1.88. The van der Waals surface area contributed by atoms with Crippen molar-refractivity contribution in [3.63, 3.8) is 0 Å². The van der Waals surface area contributed by atoms with Crippen molar-refractivity contribution >= 4 is 17.6 Å². The molecule has 0 radical (unpaired) electrons. The van der Waals surface area contributed by atoms with Crippen molar-refractivity contribution in [3.8, 4) is 0 Å². The normalized spacial score (nSPS) is 10.5. The van der Waals surface area contributed by atoms with Gasteiger partial charge in [-0.15, -0.1) is 0 Å². The van der Waals surface area contributed by atoms with Crippen molar-refractivity contribution in [2.45, 2.75) is 13.5 Å². The molecule has 0 fully saturated rings. The van der Waals surface area contributed by atoms with Crippen molar-refractivity contribution in [2.75, 3.05) is 0 Å². The molecule has 0 aliphatic rings. The van der Waals surface area contributed by atoms with Crippen LogP contribution >= 0.6 is 11.6 Å². The zero-order chi connectivity index (χ0) is 12.4. The van der Waals surface area contributed by atoms with E-state index in [-0.39, 0.29) is 5.69 Å². The predicted octanol–water partition coefficient (Wildman–Crippen LogP) is 1.99. The first-order valence-corrected chi connectivity index (χ1v) is 5.32. The van der Waals surface area contributed by atoms with E-state index in [1.807, 2.05) is 6.92 Å². The smallest absolute Gasteiger partial charge is 0.354 e. The predicted molar refractivity (Wildman–Crippen MR) is 62.3 cm³/mol. The highest BCUT2D eigenvalue weighted by atomic mass is 35.5. The summed E-state index contributed by atoms with van der Waals surface area (Å²) in [5.74, 6) is -1.04. The number of nitrogens with zero attached hydrogens (tertiary/aromatic N) is 3. The SMILES string of the molecule is Cc1c(Cl)cnn1Cc1cccnc1C(=O)O. The van der Waals surface area contributed by atoms with Gasteiger partial charge in [0, 0.05) is 11.8 Å². The van der Waals surface area contributed by atoms with Crippen LogP contribution in [0.3, 0.4) is 0 Å². The lowest BCUT2D eigenvalue weighted by molar-refractivity contribution is 0.0689. The summed E-state index contributed by atoms with van der Waals surface area (Å²) < 4.78 is 1.64. The number of aromatic nitrogens is 3. The molecule has 0 bridgehead atoms. The van der Waals surface area contributed by atoms with E-state index in [1.165, 1.54) is 12.4 Å². The largest absolute Gasteiger partial charge is 0.477 e. The molecule has 17 heavy (non-hydrogen) atoms. The quantitative estimate of drug-likeness (QED) is 0.906. The molecule has 6 heteroatoms. The van der Waals surface area contributed by atoms with Crippen LogP contribution in [0, 0.1) is 6.92 Å². The minimum Gasteiger partial charge on any atom is -0.477 e. The fraction of sp³-hybridized carbons (Fsp3) is 0.182. The highest BCUT2D eigenvalue weighted by Gasteiger charge is 2.13. The first kappa shape index (κ1) is 11.6. The maximum absolute atomic E-state index is 11.0. The fourth-order valence-electron chi connectivity index (χ4n) is 1.50. The van der Waals surface area contributed by atoms with Crippen molar-refractivity contribution in [1.29, 1.82) is 0 Å². The highest BCUT2D eigenvalue weighted by Crippen LogP contribution is 2.15. The van der Waals surface area contributed by atoms with Crippen LogP contribution in [0.1, 0.15) is 21.7 Å². The number of carboxylic acids is 1. The molecule has 0 saturated carbocycles. The first-order valence-electron chi connectivity index (χ1n) is 4.94. The standard InChI is InChI=1S/C11H10ClN3O2/c1-7-9(12)5-14-15(7)6-8-3-2-4-13-10(8)11(16)17/h2-5H,6H2,1H3,(H,16,17). The molecule has 0 aromatic carbocycles. The molecule has 0 aliphatic heterocycles. The summed E-state index contributed by atoms with van der Waals surface area (Å²) in [7, 11) is 0. The zero-order valence-corrected chi connectivity index (χ0v) is 9.85. The monoisotopic (exact) mass is 251 g/mol. The molecule has 88 valence electrons. The van der Waals surface area contributed by atoms with E-state index in [2.05, 4.69) is 10.1 Å². The van der Waals surface area contributed by atoms with Gasteiger partial charge in [0.25, 0.3) is 0 Å². The van der Waals surface area contributed by atoms with Crippen molar-refractivity contribution in [3.05, 3.63) is 46.5 Å². The van der Waals surface area contributed by atoms with Crippen LogP contribution in [0.4, 0.5) is 0 Å². The van der Waals surface area contributed by atoms with Crippen LogP contribution in [-0.2, 0) is 6.54 Å². The lowest BCUT2D eigenvalue weighted by atomic mass is 10.2. The number of carboxylic acid groups (broad SMARTS) is 1. The molecule has 0 atom stereocenters. The minimum atomic E-state index is -1.04. The summed E-state index contributed by atoms with van der Waals surface area (Å²) in [5.41, 5.74) is 1.44. The third-order valence-corrected chi connectivity index (χ3v) is 2.83. The number of hydrogen-bond acceptors (Lipinski definition) is 3. The maximum Gasteiger partial charge on any atom is 0.354 e. The maximum atomic E-state index is 11.0. The van der Waals surface area contributed by atoms with E-state index in [9.17, 15) is 4.79 Å². The number of aromatic carboxylic acids is 1. The lowest BCUT2D eigenvalue weighted by Crippen LogP contribution is -2.10. The van der Waals surface area contributed by atoms with Gasteiger partial charge >= 0.3 is 5.97 Å². The minimum absolute atomic E-state index is 0.0403. The van der Waals surface area contributed by atoms with Gasteiger partial charge in [-0.1, -0.05) is 17.7 Å². The summed E-state index contributed by atoms with van der Waals surface area (Å²) in [5, 5.41) is 13.6. The summed E-state index contributed by atoms with van der Waals surface area (Å²) >= 11 is 5.88. The van der Waals surface area contributed by atoms with E-state index in [4.69, 9.17) is 16.7 Å². The molecule has 0 saturated heterocycles. The van der Waals surface area contributed by atoms with Crippen LogP contribution in [-0.4, -0.2) is 25.8 Å². The third-order valence-electron chi connectivity index (χ3n) is 2.46. The molecular weight excluding hydrogens is 242 g/mol. The Morgan fingerprint density at radius 3 is 2.94 bits per heavy atom. The Balaban J connectivity index is 2.36. The second-order valence-electron chi connectivity index (χ2n) is 3.55. The second-order valence-corrected chi connectivity index (χ2v) is 3.96. The van der Waals surface area contributed by atoms with Crippen molar-refractivity contribution in [2.24, 2.45) is 0 Å². The zero-order valence-electron chi connectivity index (χ0n) is 9.09. The van der Waals surface area contributed by atoms with Gasteiger partial charge in [0.2, 0.25) is 0 Å². The highest BCUT2D eigenvalue weighted by molar-refractivity contribution is 6.31. The fourth-order valence-corrected chi connectivity index (χ4v) is 1.64. The molecule has 2 heterocycles. The molecule has 1 N–H and O–H groups in total. The van der Waals surface area contributed by atoms with E-state index in [0.717, 1.165) is 5.69 Å². The Labute approximate surface area is 103 Å². The van der Waals surface area contributed by atoms with Gasteiger partial charge in [-0.05, 0) is 13.0 Å². The third kappa shape index (κ3) is 2.29. The lowest BCUT2D eigenvalue weighted by Gasteiger charge is -2.06. The van der Waals surface area contributed by atoms with E-state index in [1.54, 1.807) is 16.8 Å². The van der Waals surface area contributed by atoms with Gasteiger partial charge in [-0.3, -0.25) is 4.68 Å². The van der Waals surface area contributed by atoms with Gasteiger partial charge < -0.3 is 5.11 Å². The van der Waals surface area contributed by atoms with Crippen LogP contribution in [0.15, 0.2) is 24.5 Å². The number of halogens is 1. The second kappa shape index (κ2) is 4.55. The summed E-state index contributed by atoms with van der Waals surface area (Å²) in [6.07, 6.45) is 2.99. The van der Waals surface area contributed by atoms with Gasteiger partial charge in [0.05, 0.1) is 23.5 Å². The number of pyridine rings is 1. The number of carbonyl (C=O) groups is 1. The van der Waals surface area contributed by atoms with Gasteiger partial charge in [-0.2, -0.15) is 5.10 Å². The number of rotatable bonds is 3. The molecule has 2 rings (SSSR count). The van der Waals surface area contributed by atoms with Crippen LogP contribution < -0.4 is 0 Å². The molecule has 0 aliphatic carbocycles. The van der Waals surface area contributed by atoms with Crippen LogP contribution in [0.5, 0.6) is 0 Å². The molecule has 0 unspecified atom stereocenters. The van der Waals surface area contributed by atoms with Crippen LogP contribution in [0.2, 0.25) is 5.02 Å². The first-order chi connectivity index (χ1) is 8.09. The van der Waals surface area contributed by atoms with E-state index < -0.39 is 5.97 Å². The Kier molecular flexibility index (Phi) is 3.10. The summed E-state index contributed by atoms with van der Waals surface area (Å²) in [4.78, 5) is 14.8. The summed E-state index contributed by atoms with van der Waals surface area (Å²) in [6.45, 7) is 2.17. The van der Waals surface area contributed by atoms with Crippen molar-refractivity contribution < 1.29 is 9.90 Å². The average molecular weight is 252 g/mol. The molecular formula is C11H10ClN3O2. The van der Waals surface area contributed by atoms with E-state index in [0.29, 0.717) is 17.1 Å². The van der Waals surface area contributed by atoms with Gasteiger partial charge in [0.15, 0.2) is 5.69 Å². The van der Waals surface area contributed by atoms with Gasteiger partial charge in [0.1, 0.15) is 0 Å². The summed E-state index contributed by atoms with van der Waals surface area (Å²) in [6, 6.07) is 3.41. The van der Waals surface area contributed by atoms with E-state index >= 15 is 0 Å². The molecule has 2 aromatic rings. The molecule has 0 spiro atoms. The topological polar surface area (TPSA) is 68.0 Å². The average Bonchev–Trinajstić information content (AvgIpc) is 2.61. The Morgan fingerprint density at radius 2 is 2.35 bits per heavy atom. The molecule has 2 aromatic heterocycles. The van der Waals surface area contributed by atoms with Crippen molar-refractivity contribution in [1.82, 2.24) is 14.8 Å². The van der Waals surface area contributed by atoms with Crippen LogP contribution in [0.25, 0.3) is 0 Å². The molecule has 5 nitrogen and oxygen atoms in total. The molecule has 0 amide bonds. The number of hydrogen-bond donors (Lipinski definition) is 1. The van der Waals surface area contributed by atoms with Gasteiger partial charge in [-0.25, -0.2) is 9.78 Å².